The van der Waals surface area contributed by atoms with Gasteiger partial charge in [0.2, 0.25) is 0 Å². The van der Waals surface area contributed by atoms with Crippen LogP contribution in [-0.2, 0) is 4.79 Å². The number of carbonyl (C=O) groups is 1. The van der Waals surface area contributed by atoms with Crippen molar-refractivity contribution >= 4 is 17.4 Å². The quantitative estimate of drug-likeness (QED) is 0.737. The lowest BCUT2D eigenvalue weighted by Crippen LogP contribution is -2.23. The second-order valence-corrected chi connectivity index (χ2v) is 6.79. The minimum atomic E-state index is 0.186. The van der Waals surface area contributed by atoms with E-state index in [2.05, 4.69) is 13.8 Å². The second kappa shape index (κ2) is 7.31. The highest BCUT2D eigenvalue weighted by molar-refractivity contribution is 6.31. The van der Waals surface area contributed by atoms with E-state index in [1.54, 1.807) is 0 Å². The average Bonchev–Trinajstić information content (AvgIpc) is 2.48. The van der Waals surface area contributed by atoms with Gasteiger partial charge in [0.1, 0.15) is 12.4 Å². The summed E-state index contributed by atoms with van der Waals surface area (Å²) < 4.78 is 5.84. The summed E-state index contributed by atoms with van der Waals surface area (Å²) in [6.07, 6.45) is 5.66. The van der Waals surface area contributed by atoms with Crippen LogP contribution in [0.4, 0.5) is 0 Å². The smallest absolute Gasteiger partial charge is 0.173 e. The molecule has 1 aliphatic rings. The highest BCUT2D eigenvalue weighted by Gasteiger charge is 2.22. The van der Waals surface area contributed by atoms with Crippen molar-refractivity contribution in [2.24, 2.45) is 5.92 Å². The Labute approximate surface area is 132 Å². The first-order valence-electron chi connectivity index (χ1n) is 7.94. The van der Waals surface area contributed by atoms with E-state index in [9.17, 15) is 4.79 Å². The van der Waals surface area contributed by atoms with Crippen molar-refractivity contribution in [3.05, 3.63) is 28.3 Å². The maximum atomic E-state index is 12.3. The highest BCUT2D eigenvalue weighted by Crippen LogP contribution is 2.32. The molecule has 0 heterocycles. The molecule has 0 spiro atoms. The van der Waals surface area contributed by atoms with Gasteiger partial charge in [-0.2, -0.15) is 0 Å². The topological polar surface area (TPSA) is 26.3 Å². The molecule has 1 saturated carbocycles. The first-order chi connectivity index (χ1) is 9.99. The van der Waals surface area contributed by atoms with Gasteiger partial charge in [-0.3, -0.25) is 4.79 Å². The van der Waals surface area contributed by atoms with Gasteiger partial charge in [-0.25, -0.2) is 0 Å². The minimum Gasteiger partial charge on any atom is -0.486 e. The maximum Gasteiger partial charge on any atom is 0.173 e. The second-order valence-electron chi connectivity index (χ2n) is 6.38. The third-order valence-corrected chi connectivity index (χ3v) is 4.75. The third kappa shape index (κ3) is 4.23. The Morgan fingerprint density at radius 3 is 2.57 bits per heavy atom. The predicted octanol–water partition coefficient (Wildman–Crippen LogP) is 5.30. The first-order valence-corrected chi connectivity index (χ1v) is 8.32. The van der Waals surface area contributed by atoms with E-state index in [1.807, 2.05) is 19.1 Å². The van der Waals surface area contributed by atoms with Crippen LogP contribution in [-0.4, -0.2) is 12.4 Å². The summed E-state index contributed by atoms with van der Waals surface area (Å²) in [4.78, 5) is 12.3. The first kappa shape index (κ1) is 16.4. The molecular formula is C18H25ClO2. The summed E-state index contributed by atoms with van der Waals surface area (Å²) >= 11 is 6.19. The number of hydrogen-bond acceptors (Lipinski definition) is 2. The summed E-state index contributed by atoms with van der Waals surface area (Å²) in [5.41, 5.74) is 2.06. The van der Waals surface area contributed by atoms with Crippen molar-refractivity contribution in [3.8, 4) is 5.75 Å². The number of carbonyl (C=O) groups excluding carboxylic acids is 1. The molecule has 1 aromatic rings. The average molecular weight is 309 g/mol. The van der Waals surface area contributed by atoms with Crippen LogP contribution in [0.25, 0.3) is 0 Å². The molecule has 0 aliphatic heterocycles. The van der Waals surface area contributed by atoms with Crippen molar-refractivity contribution in [2.75, 3.05) is 6.61 Å². The van der Waals surface area contributed by atoms with E-state index in [0.29, 0.717) is 5.92 Å². The number of benzene rings is 1. The lowest BCUT2D eigenvalue weighted by Gasteiger charge is -2.21. The number of aryl methyl sites for hydroxylation is 1. The van der Waals surface area contributed by atoms with E-state index in [0.717, 1.165) is 34.7 Å². The Morgan fingerprint density at radius 2 is 1.95 bits per heavy atom. The summed E-state index contributed by atoms with van der Waals surface area (Å²) in [6.45, 7) is 6.36. The molecule has 0 atom stereocenters. The molecule has 0 amide bonds. The van der Waals surface area contributed by atoms with Crippen molar-refractivity contribution in [1.29, 1.82) is 0 Å². The van der Waals surface area contributed by atoms with E-state index in [-0.39, 0.29) is 18.3 Å². The number of hydrogen-bond donors (Lipinski definition) is 0. The fourth-order valence-electron chi connectivity index (χ4n) is 2.94. The van der Waals surface area contributed by atoms with Crippen LogP contribution in [0.2, 0.25) is 5.02 Å². The monoisotopic (exact) mass is 308 g/mol. The van der Waals surface area contributed by atoms with Crippen LogP contribution in [0.5, 0.6) is 5.75 Å². The van der Waals surface area contributed by atoms with Gasteiger partial charge in [0, 0.05) is 10.9 Å². The lowest BCUT2D eigenvalue weighted by molar-refractivity contribution is -0.125. The Balaban J connectivity index is 2.05. The van der Waals surface area contributed by atoms with E-state index >= 15 is 0 Å². The number of ether oxygens (including phenoxy) is 1. The fourth-order valence-corrected chi connectivity index (χ4v) is 3.11. The zero-order valence-corrected chi connectivity index (χ0v) is 14.0. The summed E-state index contributed by atoms with van der Waals surface area (Å²) in [6, 6.07) is 3.91. The van der Waals surface area contributed by atoms with Gasteiger partial charge in [0.25, 0.3) is 0 Å². The van der Waals surface area contributed by atoms with Crippen LogP contribution in [0.1, 0.15) is 63.0 Å². The molecule has 116 valence electrons. The molecule has 2 rings (SSSR count). The molecule has 0 unspecified atom stereocenters. The van der Waals surface area contributed by atoms with Crippen LogP contribution >= 0.6 is 11.6 Å². The van der Waals surface area contributed by atoms with Crippen molar-refractivity contribution in [3.63, 3.8) is 0 Å². The van der Waals surface area contributed by atoms with Crippen molar-refractivity contribution < 1.29 is 9.53 Å². The van der Waals surface area contributed by atoms with Crippen molar-refractivity contribution in [2.45, 2.75) is 58.8 Å². The molecule has 1 aromatic carbocycles. The highest BCUT2D eigenvalue weighted by atomic mass is 35.5. The Bertz CT molecular complexity index is 502. The zero-order chi connectivity index (χ0) is 15.4. The van der Waals surface area contributed by atoms with Gasteiger partial charge in [-0.05, 0) is 48.9 Å². The van der Waals surface area contributed by atoms with E-state index in [4.69, 9.17) is 16.3 Å². The number of Topliss-reactive ketones (excluding diaryl/α,β-unsaturated/α-hetero) is 1. The van der Waals surface area contributed by atoms with Gasteiger partial charge < -0.3 is 4.74 Å². The van der Waals surface area contributed by atoms with Gasteiger partial charge >= 0.3 is 0 Å². The summed E-state index contributed by atoms with van der Waals surface area (Å²) in [5, 5.41) is 0.754. The van der Waals surface area contributed by atoms with Crippen LogP contribution < -0.4 is 4.74 Å². The van der Waals surface area contributed by atoms with Gasteiger partial charge in [-0.15, -0.1) is 0 Å². The van der Waals surface area contributed by atoms with Gasteiger partial charge in [0.05, 0.1) is 0 Å². The normalized spacial score (nSPS) is 16.2. The molecule has 21 heavy (non-hydrogen) atoms. The number of rotatable bonds is 5. The number of halogens is 1. The largest absolute Gasteiger partial charge is 0.486 e. The lowest BCUT2D eigenvalue weighted by atomic mass is 9.86. The van der Waals surface area contributed by atoms with E-state index in [1.165, 1.54) is 19.3 Å². The number of ketones is 1. The standard InChI is InChI=1S/C18H25ClO2/c1-12(2)15-10-16(19)13(3)9-18(15)21-11-17(20)14-7-5-4-6-8-14/h9-10,12,14H,4-8,11H2,1-3H3. The minimum absolute atomic E-state index is 0.186. The maximum absolute atomic E-state index is 12.3. The molecule has 0 N–H and O–H groups in total. The summed E-state index contributed by atoms with van der Waals surface area (Å²) in [7, 11) is 0. The fraction of sp³-hybridized carbons (Fsp3) is 0.611. The van der Waals surface area contributed by atoms with Crippen LogP contribution in [0.3, 0.4) is 0 Å². The molecular weight excluding hydrogens is 284 g/mol. The Kier molecular flexibility index (Phi) is 5.69. The molecule has 1 aliphatic carbocycles. The zero-order valence-electron chi connectivity index (χ0n) is 13.2. The molecule has 0 saturated heterocycles. The van der Waals surface area contributed by atoms with Gasteiger partial charge in [0.15, 0.2) is 5.78 Å². The Hall–Kier alpha value is -1.02. The molecule has 1 fully saturated rings. The SMILES string of the molecule is Cc1cc(OCC(=O)C2CCCCC2)c(C(C)C)cc1Cl. The van der Waals surface area contributed by atoms with Crippen molar-refractivity contribution in [1.82, 2.24) is 0 Å². The third-order valence-electron chi connectivity index (χ3n) is 4.34. The Morgan fingerprint density at radius 1 is 1.29 bits per heavy atom. The molecule has 0 aromatic heterocycles. The molecule has 0 bridgehead atoms. The molecule has 3 heteroatoms. The van der Waals surface area contributed by atoms with Crippen LogP contribution in [0.15, 0.2) is 12.1 Å². The van der Waals surface area contributed by atoms with Crippen LogP contribution in [0, 0.1) is 12.8 Å². The summed E-state index contributed by atoms with van der Waals surface area (Å²) in [5.74, 6) is 1.57. The van der Waals surface area contributed by atoms with E-state index < -0.39 is 0 Å². The molecule has 2 nitrogen and oxygen atoms in total. The van der Waals surface area contributed by atoms with Gasteiger partial charge in [-0.1, -0.05) is 44.7 Å². The predicted molar refractivity (Wildman–Crippen MR) is 87.4 cm³/mol. The molecule has 0 radical (unpaired) electrons.